The summed E-state index contributed by atoms with van der Waals surface area (Å²) < 4.78 is 25.2. The summed E-state index contributed by atoms with van der Waals surface area (Å²) in [6, 6.07) is 14.6. The highest BCUT2D eigenvalue weighted by atomic mass is 79.9. The predicted molar refractivity (Wildman–Crippen MR) is 124 cm³/mol. The summed E-state index contributed by atoms with van der Waals surface area (Å²) in [6.45, 7) is 2.47. The maximum Gasteiger partial charge on any atom is 0.271 e. The Morgan fingerprint density at radius 3 is 2.42 bits per heavy atom. The predicted octanol–water partition coefficient (Wildman–Crippen LogP) is 5.24. The number of amides is 1. The van der Waals surface area contributed by atoms with Gasteiger partial charge in [-0.05, 0) is 64.8 Å². The van der Waals surface area contributed by atoms with Crippen LogP contribution in [0.1, 0.15) is 28.4 Å². The Hall–Kier alpha value is -3.79. The molecule has 0 atom stereocenters. The number of nitro benzene ring substituents is 1. The van der Waals surface area contributed by atoms with E-state index in [9.17, 15) is 19.3 Å². The van der Waals surface area contributed by atoms with E-state index in [0.717, 1.165) is 5.56 Å². The number of hydrazone groups is 1. The number of hydrogen-bond donors (Lipinski definition) is 1. The Morgan fingerprint density at radius 1 is 1.12 bits per heavy atom. The van der Waals surface area contributed by atoms with Gasteiger partial charge in [-0.2, -0.15) is 5.10 Å². The molecule has 0 aromatic heterocycles. The van der Waals surface area contributed by atoms with Crippen LogP contribution in [0.3, 0.4) is 0 Å². The molecule has 0 spiro atoms. The summed E-state index contributed by atoms with van der Waals surface area (Å²) in [4.78, 5) is 22.4. The minimum atomic E-state index is -0.541. The number of non-ortho nitro benzene ring substituents is 1. The van der Waals surface area contributed by atoms with Crippen molar-refractivity contribution >= 4 is 33.7 Å². The molecule has 0 saturated heterocycles. The van der Waals surface area contributed by atoms with Crippen LogP contribution < -0.4 is 14.9 Å². The van der Waals surface area contributed by atoms with Crippen molar-refractivity contribution in [2.24, 2.45) is 5.10 Å². The minimum absolute atomic E-state index is 0.107. The number of benzene rings is 3. The molecular weight excluding hydrogens is 497 g/mol. The molecule has 0 bridgehead atoms. The number of ether oxygens (including phenoxy) is 2. The van der Waals surface area contributed by atoms with E-state index in [1.807, 2.05) is 6.92 Å². The van der Waals surface area contributed by atoms with Crippen LogP contribution in [-0.4, -0.2) is 23.7 Å². The molecule has 33 heavy (non-hydrogen) atoms. The number of halogens is 2. The van der Waals surface area contributed by atoms with Gasteiger partial charge in [0, 0.05) is 27.7 Å². The summed E-state index contributed by atoms with van der Waals surface area (Å²) in [6.07, 6.45) is 1.43. The molecule has 10 heteroatoms. The second-order valence-electron chi connectivity index (χ2n) is 6.67. The van der Waals surface area contributed by atoms with E-state index in [4.69, 9.17) is 9.47 Å². The Morgan fingerprint density at radius 2 is 1.79 bits per heavy atom. The fraction of sp³-hybridized carbons (Fsp3) is 0.130. The lowest BCUT2D eigenvalue weighted by molar-refractivity contribution is -0.384. The zero-order chi connectivity index (χ0) is 23.8. The van der Waals surface area contributed by atoms with E-state index in [1.54, 1.807) is 24.3 Å². The van der Waals surface area contributed by atoms with Gasteiger partial charge in [-0.1, -0.05) is 12.1 Å². The summed E-state index contributed by atoms with van der Waals surface area (Å²) >= 11 is 3.45. The van der Waals surface area contributed by atoms with Crippen molar-refractivity contribution in [1.29, 1.82) is 0 Å². The normalized spacial score (nSPS) is 10.8. The topological polar surface area (TPSA) is 103 Å². The first-order valence-electron chi connectivity index (χ1n) is 9.79. The van der Waals surface area contributed by atoms with Crippen LogP contribution in [0.25, 0.3) is 0 Å². The highest BCUT2D eigenvalue weighted by Gasteiger charge is 2.12. The van der Waals surface area contributed by atoms with E-state index in [2.05, 4.69) is 26.5 Å². The molecule has 3 aromatic carbocycles. The van der Waals surface area contributed by atoms with Gasteiger partial charge in [-0.25, -0.2) is 9.82 Å². The van der Waals surface area contributed by atoms with Gasteiger partial charge in [0.15, 0.2) is 11.5 Å². The van der Waals surface area contributed by atoms with Gasteiger partial charge in [-0.3, -0.25) is 14.9 Å². The maximum atomic E-state index is 13.1. The Bertz CT molecular complexity index is 1170. The molecule has 0 unspecified atom stereocenters. The molecule has 3 rings (SSSR count). The maximum absolute atomic E-state index is 13.1. The molecule has 0 aliphatic rings. The number of carbonyl (C=O) groups is 1. The van der Waals surface area contributed by atoms with Crippen LogP contribution >= 0.6 is 15.9 Å². The fourth-order valence-corrected chi connectivity index (χ4v) is 3.16. The van der Waals surface area contributed by atoms with Crippen LogP contribution in [0.4, 0.5) is 10.1 Å². The molecule has 0 aliphatic carbocycles. The molecule has 1 amide bonds. The zero-order valence-electron chi connectivity index (χ0n) is 17.5. The lowest BCUT2D eigenvalue weighted by atomic mass is 10.2. The van der Waals surface area contributed by atoms with Gasteiger partial charge < -0.3 is 9.47 Å². The van der Waals surface area contributed by atoms with E-state index in [-0.39, 0.29) is 23.7 Å². The largest absolute Gasteiger partial charge is 0.490 e. The standard InChI is InChI=1S/C23H19BrFN3O5/c1-2-32-21-11-17(13-26-27-23(29)16-5-9-19(10-6-16)28(30)31)20(24)12-22(21)33-14-15-3-7-18(25)8-4-15/h3-13H,2,14H2,1H3,(H,27,29)/b26-13-. The lowest BCUT2D eigenvalue weighted by Gasteiger charge is -2.14. The van der Waals surface area contributed by atoms with Gasteiger partial charge >= 0.3 is 0 Å². The number of rotatable bonds is 9. The summed E-state index contributed by atoms with van der Waals surface area (Å²) in [7, 11) is 0. The van der Waals surface area contributed by atoms with Crippen LogP contribution in [0.15, 0.2) is 70.2 Å². The van der Waals surface area contributed by atoms with Crippen molar-refractivity contribution in [3.8, 4) is 11.5 Å². The van der Waals surface area contributed by atoms with E-state index >= 15 is 0 Å². The van der Waals surface area contributed by atoms with E-state index in [0.29, 0.717) is 28.1 Å². The average molecular weight is 516 g/mol. The smallest absolute Gasteiger partial charge is 0.271 e. The number of carbonyl (C=O) groups excluding carboxylic acids is 1. The van der Waals surface area contributed by atoms with Gasteiger partial charge in [0.05, 0.1) is 17.7 Å². The number of hydrogen-bond acceptors (Lipinski definition) is 6. The summed E-state index contributed by atoms with van der Waals surface area (Å²) in [5.41, 5.74) is 3.93. The third-order valence-electron chi connectivity index (χ3n) is 4.38. The van der Waals surface area contributed by atoms with Crippen LogP contribution in [0, 0.1) is 15.9 Å². The first kappa shape index (κ1) is 23.9. The van der Waals surface area contributed by atoms with Gasteiger partial charge in [0.1, 0.15) is 12.4 Å². The van der Waals surface area contributed by atoms with Crippen LogP contribution in [0.2, 0.25) is 0 Å². The van der Waals surface area contributed by atoms with Crippen molar-refractivity contribution in [2.75, 3.05) is 6.61 Å². The quantitative estimate of drug-likeness (QED) is 0.238. The molecular formula is C23H19BrFN3O5. The highest BCUT2D eigenvalue weighted by molar-refractivity contribution is 9.10. The third-order valence-corrected chi connectivity index (χ3v) is 5.07. The number of nitro groups is 1. The summed E-state index contributed by atoms with van der Waals surface area (Å²) in [5, 5.41) is 14.7. The fourth-order valence-electron chi connectivity index (χ4n) is 2.73. The zero-order valence-corrected chi connectivity index (χ0v) is 19.0. The van der Waals surface area contributed by atoms with Gasteiger partial charge in [0.25, 0.3) is 11.6 Å². The molecule has 8 nitrogen and oxygen atoms in total. The van der Waals surface area contributed by atoms with Crippen LogP contribution in [0.5, 0.6) is 11.5 Å². The first-order valence-corrected chi connectivity index (χ1v) is 10.6. The molecule has 0 heterocycles. The average Bonchev–Trinajstić information content (AvgIpc) is 2.81. The monoisotopic (exact) mass is 515 g/mol. The Balaban J connectivity index is 1.69. The van der Waals surface area contributed by atoms with Crippen LogP contribution in [-0.2, 0) is 6.61 Å². The number of nitrogens with one attached hydrogen (secondary N) is 1. The number of nitrogens with zero attached hydrogens (tertiary/aromatic N) is 2. The minimum Gasteiger partial charge on any atom is -0.490 e. The van der Waals surface area contributed by atoms with E-state index in [1.165, 1.54) is 42.6 Å². The van der Waals surface area contributed by atoms with Crippen molar-refractivity contribution in [2.45, 2.75) is 13.5 Å². The van der Waals surface area contributed by atoms with Crippen molar-refractivity contribution in [3.63, 3.8) is 0 Å². The second kappa shape index (κ2) is 11.2. The van der Waals surface area contributed by atoms with Crippen molar-refractivity contribution < 1.29 is 23.6 Å². The lowest BCUT2D eigenvalue weighted by Crippen LogP contribution is -2.17. The highest BCUT2D eigenvalue weighted by Crippen LogP contribution is 2.34. The van der Waals surface area contributed by atoms with E-state index < -0.39 is 10.8 Å². The molecule has 1 N–H and O–H groups in total. The Kier molecular flexibility index (Phi) is 8.09. The molecule has 0 radical (unpaired) electrons. The molecule has 170 valence electrons. The third kappa shape index (κ3) is 6.59. The first-order chi connectivity index (χ1) is 15.9. The van der Waals surface area contributed by atoms with Gasteiger partial charge in [0.2, 0.25) is 0 Å². The van der Waals surface area contributed by atoms with Crippen molar-refractivity contribution in [3.05, 3.63) is 97.8 Å². The van der Waals surface area contributed by atoms with Gasteiger partial charge in [-0.15, -0.1) is 0 Å². The molecule has 0 saturated carbocycles. The molecule has 3 aromatic rings. The Labute approximate surface area is 197 Å². The van der Waals surface area contributed by atoms with Crippen molar-refractivity contribution in [1.82, 2.24) is 5.43 Å². The second-order valence-corrected chi connectivity index (χ2v) is 7.53. The SMILES string of the molecule is CCOc1cc(/C=N\NC(=O)c2ccc([N+](=O)[O-])cc2)c(Br)cc1OCc1ccc(F)cc1. The summed E-state index contributed by atoms with van der Waals surface area (Å²) in [5.74, 6) is 0.133. The molecule has 0 fully saturated rings. The molecule has 0 aliphatic heterocycles.